The monoisotopic (exact) mass is 563 g/mol. The van der Waals surface area contributed by atoms with Gasteiger partial charge in [-0.25, -0.2) is 14.6 Å². The van der Waals surface area contributed by atoms with Crippen LogP contribution in [0.3, 0.4) is 0 Å². The van der Waals surface area contributed by atoms with Gasteiger partial charge in [0.25, 0.3) is 5.91 Å². The minimum Gasteiger partial charge on any atom is -0.368 e. The summed E-state index contributed by atoms with van der Waals surface area (Å²) in [5.41, 5.74) is 4.96. The standard InChI is InChI=1S/C26H26BrN7OS/c1-18-16-19(2)29-26(28-18)36-17-23-24(30-31-34(23)22-10-8-20(27)9-11-22)25(35)33-14-12-32(13-15-33)21-6-4-3-5-7-21/h3-11,16H,12-15,17H2,1-2H3. The predicted octanol–water partition coefficient (Wildman–Crippen LogP) is 4.69. The Bertz CT molecular complexity index is 1330. The topological polar surface area (TPSA) is 80.0 Å². The summed E-state index contributed by atoms with van der Waals surface area (Å²) < 4.78 is 2.72. The number of halogens is 1. The Morgan fingerprint density at radius 2 is 1.58 bits per heavy atom. The van der Waals surface area contributed by atoms with Gasteiger partial charge in [0.15, 0.2) is 10.9 Å². The highest BCUT2D eigenvalue weighted by Gasteiger charge is 2.28. The van der Waals surface area contributed by atoms with Crippen LogP contribution in [0.1, 0.15) is 27.6 Å². The van der Waals surface area contributed by atoms with Crippen molar-refractivity contribution in [3.8, 4) is 5.69 Å². The first kappa shape index (κ1) is 24.5. The molecule has 1 aliphatic heterocycles. The van der Waals surface area contributed by atoms with Gasteiger partial charge < -0.3 is 9.80 Å². The third-order valence-corrected chi connectivity index (χ3v) is 7.41. The van der Waals surface area contributed by atoms with Gasteiger partial charge in [0.1, 0.15) is 0 Å². The number of benzene rings is 2. The molecule has 4 aromatic rings. The third-order valence-electron chi connectivity index (χ3n) is 6.02. The number of piperazine rings is 1. The van der Waals surface area contributed by atoms with Crippen molar-refractivity contribution in [3.05, 3.63) is 87.9 Å². The maximum absolute atomic E-state index is 13.6. The molecule has 184 valence electrons. The minimum atomic E-state index is -0.0944. The van der Waals surface area contributed by atoms with Crippen molar-refractivity contribution in [1.82, 2.24) is 29.9 Å². The molecule has 8 nitrogen and oxygen atoms in total. The molecule has 2 aromatic heterocycles. The molecule has 0 atom stereocenters. The van der Waals surface area contributed by atoms with E-state index in [0.717, 1.165) is 40.3 Å². The first-order chi connectivity index (χ1) is 17.5. The first-order valence-electron chi connectivity index (χ1n) is 11.7. The number of aromatic nitrogens is 5. The quantitative estimate of drug-likeness (QED) is 0.248. The van der Waals surface area contributed by atoms with E-state index in [1.54, 1.807) is 4.68 Å². The molecule has 36 heavy (non-hydrogen) atoms. The maximum Gasteiger partial charge on any atom is 0.276 e. The van der Waals surface area contributed by atoms with Gasteiger partial charge in [0.2, 0.25) is 0 Å². The van der Waals surface area contributed by atoms with Gasteiger partial charge in [0.05, 0.1) is 11.4 Å². The molecule has 5 rings (SSSR count). The summed E-state index contributed by atoms with van der Waals surface area (Å²) in [6, 6.07) is 20.0. The molecule has 0 radical (unpaired) electrons. The summed E-state index contributed by atoms with van der Waals surface area (Å²) in [5, 5.41) is 9.41. The lowest BCUT2D eigenvalue weighted by atomic mass is 10.2. The fourth-order valence-corrected chi connectivity index (χ4v) is 5.44. The van der Waals surface area contributed by atoms with Crippen LogP contribution in [0, 0.1) is 13.8 Å². The van der Waals surface area contributed by atoms with Crippen molar-refractivity contribution in [2.75, 3.05) is 31.1 Å². The van der Waals surface area contributed by atoms with Crippen LogP contribution in [-0.4, -0.2) is 61.9 Å². The lowest BCUT2D eigenvalue weighted by Crippen LogP contribution is -2.49. The molecule has 1 amide bonds. The van der Waals surface area contributed by atoms with E-state index >= 15 is 0 Å². The first-order valence-corrected chi connectivity index (χ1v) is 13.5. The zero-order valence-electron chi connectivity index (χ0n) is 20.1. The number of thioether (sulfide) groups is 1. The van der Waals surface area contributed by atoms with Gasteiger partial charge in [-0.05, 0) is 56.3 Å². The second-order valence-corrected chi connectivity index (χ2v) is 10.5. The van der Waals surface area contributed by atoms with Crippen LogP contribution >= 0.6 is 27.7 Å². The Morgan fingerprint density at radius 3 is 2.25 bits per heavy atom. The lowest BCUT2D eigenvalue weighted by Gasteiger charge is -2.35. The number of para-hydroxylation sites is 1. The Labute approximate surface area is 222 Å². The molecule has 0 unspecified atom stereocenters. The molecule has 0 N–H and O–H groups in total. The highest BCUT2D eigenvalue weighted by atomic mass is 79.9. The fraction of sp³-hybridized carbons (Fsp3) is 0.269. The summed E-state index contributed by atoms with van der Waals surface area (Å²) in [6.07, 6.45) is 0. The van der Waals surface area contributed by atoms with E-state index < -0.39 is 0 Å². The van der Waals surface area contributed by atoms with E-state index in [4.69, 9.17) is 0 Å². The average Bonchev–Trinajstić information content (AvgIpc) is 3.31. The average molecular weight is 565 g/mol. The number of nitrogens with zero attached hydrogens (tertiary/aromatic N) is 7. The van der Waals surface area contributed by atoms with Crippen LogP contribution in [0.25, 0.3) is 5.69 Å². The van der Waals surface area contributed by atoms with Crippen LogP contribution in [0.5, 0.6) is 0 Å². The van der Waals surface area contributed by atoms with E-state index in [1.165, 1.54) is 17.4 Å². The van der Waals surface area contributed by atoms with Gasteiger partial charge in [-0.3, -0.25) is 4.79 Å². The van der Waals surface area contributed by atoms with Crippen molar-refractivity contribution in [2.24, 2.45) is 0 Å². The number of anilines is 1. The van der Waals surface area contributed by atoms with Crippen molar-refractivity contribution < 1.29 is 4.79 Å². The molecule has 0 spiro atoms. The number of hydrogen-bond donors (Lipinski definition) is 0. The van der Waals surface area contributed by atoms with Gasteiger partial charge in [-0.2, -0.15) is 0 Å². The molecule has 3 heterocycles. The summed E-state index contributed by atoms with van der Waals surface area (Å²) >= 11 is 4.97. The van der Waals surface area contributed by atoms with E-state index in [-0.39, 0.29) is 5.91 Å². The van der Waals surface area contributed by atoms with E-state index in [2.05, 4.69) is 53.2 Å². The second-order valence-electron chi connectivity index (χ2n) is 8.61. The van der Waals surface area contributed by atoms with Crippen molar-refractivity contribution >= 4 is 39.3 Å². The number of carbonyl (C=O) groups excluding carboxylic acids is 1. The molecule has 1 saturated heterocycles. The SMILES string of the molecule is Cc1cc(C)nc(SCc2c(C(=O)N3CCN(c4ccccc4)CC3)nnn2-c2ccc(Br)cc2)n1. The number of carbonyl (C=O) groups is 1. The van der Waals surface area contributed by atoms with Crippen LogP contribution in [0.2, 0.25) is 0 Å². The summed E-state index contributed by atoms with van der Waals surface area (Å²) in [7, 11) is 0. The molecule has 0 aliphatic carbocycles. The number of hydrogen-bond acceptors (Lipinski definition) is 7. The van der Waals surface area contributed by atoms with E-state index in [1.807, 2.05) is 67.3 Å². The van der Waals surface area contributed by atoms with Crippen molar-refractivity contribution in [2.45, 2.75) is 24.8 Å². The Morgan fingerprint density at radius 1 is 0.917 bits per heavy atom. The highest BCUT2D eigenvalue weighted by Crippen LogP contribution is 2.26. The van der Waals surface area contributed by atoms with Gasteiger partial charge in [-0.15, -0.1) is 5.10 Å². The molecule has 0 bridgehead atoms. The van der Waals surface area contributed by atoms with Gasteiger partial charge >= 0.3 is 0 Å². The van der Waals surface area contributed by atoms with Gasteiger partial charge in [0, 0.05) is 53.5 Å². The Balaban J connectivity index is 1.39. The molecule has 0 saturated carbocycles. The van der Waals surface area contributed by atoms with Crippen molar-refractivity contribution in [1.29, 1.82) is 0 Å². The summed E-state index contributed by atoms with van der Waals surface area (Å²) in [4.78, 5) is 26.9. The summed E-state index contributed by atoms with van der Waals surface area (Å²) in [6.45, 7) is 6.72. The Kier molecular flexibility index (Phi) is 7.33. The van der Waals surface area contributed by atoms with Crippen LogP contribution in [-0.2, 0) is 5.75 Å². The van der Waals surface area contributed by atoms with Crippen LogP contribution in [0.4, 0.5) is 5.69 Å². The zero-order chi connectivity index (χ0) is 25.1. The molecule has 1 aliphatic rings. The summed E-state index contributed by atoms with van der Waals surface area (Å²) in [5.74, 6) is 0.375. The second kappa shape index (κ2) is 10.8. The predicted molar refractivity (Wildman–Crippen MR) is 145 cm³/mol. The maximum atomic E-state index is 13.6. The fourth-order valence-electron chi connectivity index (χ4n) is 4.23. The lowest BCUT2D eigenvalue weighted by molar-refractivity contribution is 0.0740. The molecular formula is C26H26BrN7OS. The van der Waals surface area contributed by atoms with E-state index in [9.17, 15) is 4.79 Å². The van der Waals surface area contributed by atoms with Crippen LogP contribution in [0.15, 0.2) is 70.3 Å². The molecular weight excluding hydrogens is 538 g/mol. The molecule has 2 aromatic carbocycles. The smallest absolute Gasteiger partial charge is 0.276 e. The minimum absolute atomic E-state index is 0.0944. The van der Waals surface area contributed by atoms with Crippen LogP contribution < -0.4 is 4.90 Å². The number of amides is 1. The van der Waals surface area contributed by atoms with Gasteiger partial charge in [-0.1, -0.05) is 51.1 Å². The zero-order valence-corrected chi connectivity index (χ0v) is 22.5. The number of aryl methyl sites for hydroxylation is 2. The third kappa shape index (κ3) is 5.44. The van der Waals surface area contributed by atoms with E-state index in [0.29, 0.717) is 29.7 Å². The molecule has 1 fully saturated rings. The molecule has 10 heteroatoms. The normalized spacial score (nSPS) is 13.8. The highest BCUT2D eigenvalue weighted by molar-refractivity contribution is 9.10. The largest absolute Gasteiger partial charge is 0.368 e. The van der Waals surface area contributed by atoms with Crippen molar-refractivity contribution in [3.63, 3.8) is 0 Å². The number of rotatable bonds is 6. The Hall–Kier alpha value is -3.24.